The lowest BCUT2D eigenvalue weighted by molar-refractivity contribution is 1.23. The van der Waals surface area contributed by atoms with Gasteiger partial charge in [0.15, 0.2) is 11.6 Å². The lowest BCUT2D eigenvalue weighted by atomic mass is 9.93. The Morgan fingerprint density at radius 3 is 0.948 bits per heavy atom. The predicted octanol–water partition coefficient (Wildman–Crippen LogP) is 14.0. The first-order valence-corrected chi connectivity index (χ1v) is 19.6. The number of aromatic nitrogens is 4. The van der Waals surface area contributed by atoms with Crippen LogP contribution in [0.2, 0.25) is 0 Å². The second-order valence-corrected chi connectivity index (χ2v) is 14.9. The molecule has 0 saturated carbocycles. The van der Waals surface area contributed by atoms with E-state index in [2.05, 4.69) is 194 Å². The Kier molecular flexibility index (Phi) is 7.20. The first-order chi connectivity index (χ1) is 28.8. The van der Waals surface area contributed by atoms with Crippen molar-refractivity contribution in [1.29, 1.82) is 0 Å². The molecule has 268 valence electrons. The van der Waals surface area contributed by atoms with Crippen LogP contribution >= 0.6 is 0 Å². The molecule has 12 aromatic rings. The van der Waals surface area contributed by atoms with E-state index < -0.39 is 0 Å². The zero-order chi connectivity index (χ0) is 38.2. The van der Waals surface area contributed by atoms with Crippen molar-refractivity contribution in [2.24, 2.45) is 0 Å². The van der Waals surface area contributed by atoms with Crippen LogP contribution in [0.1, 0.15) is 0 Å². The van der Waals surface area contributed by atoms with Crippen molar-refractivity contribution >= 4 is 75.7 Å². The van der Waals surface area contributed by atoms with Gasteiger partial charge in [0.05, 0.1) is 22.4 Å². The van der Waals surface area contributed by atoms with Gasteiger partial charge in [-0.15, -0.1) is 0 Å². The summed E-state index contributed by atoms with van der Waals surface area (Å²) in [4.78, 5) is 21.4. The van der Waals surface area contributed by atoms with Gasteiger partial charge in [-0.25, -0.2) is 19.9 Å². The number of benzene rings is 10. The predicted molar refractivity (Wildman–Crippen MR) is 242 cm³/mol. The maximum Gasteiger partial charge on any atom is 0.161 e. The van der Waals surface area contributed by atoms with Crippen molar-refractivity contribution in [1.82, 2.24) is 19.9 Å². The van der Waals surface area contributed by atoms with Crippen molar-refractivity contribution in [3.63, 3.8) is 0 Å². The fourth-order valence-electron chi connectivity index (χ4n) is 8.99. The normalized spacial score (nSPS) is 11.8. The molecule has 58 heavy (non-hydrogen) atoms. The van der Waals surface area contributed by atoms with Crippen molar-refractivity contribution in [2.45, 2.75) is 0 Å². The SMILES string of the molecule is c1ccc2c(c1)cc(-c1nc(-c3ccc(-c4nc(-c5cc6ccccc6c6ccccc56)c5ccccc5n4)c4ccccc34)nc3ccccc13)c1ccccc12. The Labute approximate surface area is 333 Å². The van der Waals surface area contributed by atoms with Gasteiger partial charge in [0.2, 0.25) is 0 Å². The van der Waals surface area contributed by atoms with Gasteiger partial charge in [-0.05, 0) is 90.3 Å². The summed E-state index contributed by atoms with van der Waals surface area (Å²) >= 11 is 0. The summed E-state index contributed by atoms with van der Waals surface area (Å²) in [5.74, 6) is 1.35. The Bertz CT molecular complexity index is 3400. The van der Waals surface area contributed by atoms with Gasteiger partial charge in [-0.2, -0.15) is 0 Å². The lowest BCUT2D eigenvalue weighted by Crippen LogP contribution is -1.99. The van der Waals surface area contributed by atoms with E-state index in [0.29, 0.717) is 11.6 Å². The molecule has 2 aromatic heterocycles. The molecule has 0 radical (unpaired) electrons. The number of hydrogen-bond acceptors (Lipinski definition) is 4. The van der Waals surface area contributed by atoms with Crippen LogP contribution in [0.4, 0.5) is 0 Å². The zero-order valence-electron chi connectivity index (χ0n) is 31.3. The minimum absolute atomic E-state index is 0.677. The minimum atomic E-state index is 0.677. The molecule has 12 rings (SSSR count). The Balaban J connectivity index is 1.09. The van der Waals surface area contributed by atoms with Crippen molar-refractivity contribution in [2.75, 3.05) is 0 Å². The Morgan fingerprint density at radius 1 is 0.224 bits per heavy atom. The average Bonchev–Trinajstić information content (AvgIpc) is 3.30. The van der Waals surface area contributed by atoms with E-state index in [9.17, 15) is 0 Å². The average molecular weight is 737 g/mol. The molecule has 0 unspecified atom stereocenters. The monoisotopic (exact) mass is 736 g/mol. The van der Waals surface area contributed by atoms with Crippen molar-refractivity contribution in [3.05, 3.63) is 194 Å². The maximum atomic E-state index is 5.46. The molecule has 0 aliphatic heterocycles. The molecule has 4 heteroatoms. The molecule has 0 aliphatic rings. The minimum Gasteiger partial charge on any atom is -0.228 e. The van der Waals surface area contributed by atoms with Gasteiger partial charge in [-0.1, -0.05) is 158 Å². The van der Waals surface area contributed by atoms with Crippen LogP contribution in [0.3, 0.4) is 0 Å². The highest BCUT2D eigenvalue weighted by atomic mass is 14.9. The van der Waals surface area contributed by atoms with E-state index in [1.165, 1.54) is 43.1 Å². The number of fused-ring (bicyclic) bond motifs is 9. The first kappa shape index (κ1) is 32.4. The third kappa shape index (κ3) is 5.02. The van der Waals surface area contributed by atoms with Crippen LogP contribution in [0.15, 0.2) is 194 Å². The molecule has 4 nitrogen and oxygen atoms in total. The smallest absolute Gasteiger partial charge is 0.161 e. The fraction of sp³-hybridized carbons (Fsp3) is 0. The maximum absolute atomic E-state index is 5.46. The van der Waals surface area contributed by atoms with Gasteiger partial charge in [0.1, 0.15) is 0 Å². The standard InChI is InChI=1S/C54H32N4/c1-3-17-35-33(15-1)31-47(41-23-9-5-19-37(35)41)51-45-25-11-13-27-49(45)55-53(57-51)43-29-30-44(40-22-8-7-21-39(40)43)54-56-50-28-14-12-26-46(50)52(58-54)48-32-34-16-2-4-18-36(34)38-20-6-10-24-42(38)48/h1-32H. The third-order valence-corrected chi connectivity index (χ3v) is 11.7. The summed E-state index contributed by atoms with van der Waals surface area (Å²) < 4.78 is 0. The molecule has 10 aromatic carbocycles. The van der Waals surface area contributed by atoms with Gasteiger partial charge in [0, 0.05) is 33.0 Å². The molecule has 0 saturated heterocycles. The van der Waals surface area contributed by atoms with Gasteiger partial charge in [-0.3, -0.25) is 0 Å². The third-order valence-electron chi connectivity index (χ3n) is 11.7. The second-order valence-electron chi connectivity index (χ2n) is 14.9. The van der Waals surface area contributed by atoms with Gasteiger partial charge in [0.25, 0.3) is 0 Å². The van der Waals surface area contributed by atoms with Gasteiger partial charge < -0.3 is 0 Å². The highest BCUT2D eigenvalue weighted by Gasteiger charge is 2.20. The van der Waals surface area contributed by atoms with E-state index in [-0.39, 0.29) is 0 Å². The summed E-state index contributed by atoms with van der Waals surface area (Å²) in [5.41, 5.74) is 7.73. The number of hydrogen-bond donors (Lipinski definition) is 0. The quantitative estimate of drug-likeness (QED) is 0.169. The number of nitrogens with zero attached hydrogens (tertiary/aromatic N) is 4. The summed E-state index contributed by atoms with van der Waals surface area (Å²) in [7, 11) is 0. The van der Waals surface area contributed by atoms with Crippen molar-refractivity contribution < 1.29 is 0 Å². The van der Waals surface area contributed by atoms with Crippen LogP contribution in [0, 0.1) is 0 Å². The molecule has 0 atom stereocenters. The molecule has 0 N–H and O–H groups in total. The summed E-state index contributed by atoms with van der Waals surface area (Å²) in [6.45, 7) is 0. The highest BCUT2D eigenvalue weighted by molar-refractivity contribution is 6.17. The van der Waals surface area contributed by atoms with E-state index in [4.69, 9.17) is 19.9 Å². The van der Waals surface area contributed by atoms with E-state index in [0.717, 1.165) is 66.2 Å². The first-order valence-electron chi connectivity index (χ1n) is 19.6. The van der Waals surface area contributed by atoms with Crippen LogP contribution in [0.5, 0.6) is 0 Å². The van der Waals surface area contributed by atoms with E-state index >= 15 is 0 Å². The highest BCUT2D eigenvalue weighted by Crippen LogP contribution is 2.42. The second kappa shape index (κ2) is 12.9. The lowest BCUT2D eigenvalue weighted by Gasteiger charge is -2.16. The molecule has 0 spiro atoms. The van der Waals surface area contributed by atoms with Crippen LogP contribution in [-0.4, -0.2) is 19.9 Å². The molecule has 0 aliphatic carbocycles. The summed E-state index contributed by atoms with van der Waals surface area (Å²) in [6, 6.07) is 68.5. The van der Waals surface area contributed by atoms with E-state index in [1.807, 2.05) is 0 Å². The topological polar surface area (TPSA) is 51.6 Å². The summed E-state index contributed by atoms with van der Waals surface area (Å²) in [5, 5.41) is 13.7. The Morgan fingerprint density at radius 2 is 0.534 bits per heavy atom. The fourth-order valence-corrected chi connectivity index (χ4v) is 8.99. The molecule has 0 fully saturated rings. The van der Waals surface area contributed by atoms with Gasteiger partial charge >= 0.3 is 0 Å². The Hall–Kier alpha value is -7.82. The van der Waals surface area contributed by atoms with Crippen LogP contribution in [0.25, 0.3) is 121 Å². The molecular weight excluding hydrogens is 705 g/mol. The van der Waals surface area contributed by atoms with E-state index in [1.54, 1.807) is 0 Å². The van der Waals surface area contributed by atoms with Crippen molar-refractivity contribution in [3.8, 4) is 45.3 Å². The molecule has 0 amide bonds. The van der Waals surface area contributed by atoms with Crippen LogP contribution < -0.4 is 0 Å². The number of para-hydroxylation sites is 2. The molecule has 0 bridgehead atoms. The summed E-state index contributed by atoms with van der Waals surface area (Å²) in [6.07, 6.45) is 0. The number of rotatable bonds is 4. The van der Waals surface area contributed by atoms with Crippen LogP contribution in [-0.2, 0) is 0 Å². The molecular formula is C54H32N4. The largest absolute Gasteiger partial charge is 0.228 e. The molecule has 2 heterocycles. The zero-order valence-corrected chi connectivity index (χ0v) is 31.3.